The first-order valence-corrected chi connectivity index (χ1v) is 7.03. The van der Waals surface area contributed by atoms with Gasteiger partial charge in [-0.25, -0.2) is 0 Å². The van der Waals surface area contributed by atoms with Crippen molar-refractivity contribution in [1.82, 2.24) is 5.32 Å². The third kappa shape index (κ3) is 6.14. The van der Waals surface area contributed by atoms with Gasteiger partial charge in [0.1, 0.15) is 0 Å². The van der Waals surface area contributed by atoms with Gasteiger partial charge in [-0.3, -0.25) is 9.59 Å². The van der Waals surface area contributed by atoms with Gasteiger partial charge in [0.15, 0.2) is 0 Å². The van der Waals surface area contributed by atoms with Crippen molar-refractivity contribution in [2.75, 3.05) is 5.32 Å². The maximum absolute atomic E-state index is 12.3. The van der Waals surface area contributed by atoms with Crippen LogP contribution in [0.25, 0.3) is 0 Å². The topological polar surface area (TPSA) is 58.2 Å². The van der Waals surface area contributed by atoms with E-state index in [1.807, 2.05) is 20.8 Å². The predicted octanol–water partition coefficient (Wildman–Crippen LogP) is 3.41. The highest BCUT2D eigenvalue weighted by atomic mass is 19.4. The normalized spacial score (nSPS) is 12.2. The summed E-state index contributed by atoms with van der Waals surface area (Å²) in [6.07, 6.45) is -3.52. The highest BCUT2D eigenvalue weighted by molar-refractivity contribution is 5.95. The summed E-state index contributed by atoms with van der Waals surface area (Å²) < 4.78 is 36.9. The number of halogens is 3. The number of nitrogens with one attached hydrogen (secondary N) is 2. The zero-order chi connectivity index (χ0) is 17.6. The molecule has 0 saturated heterocycles. The van der Waals surface area contributed by atoms with E-state index in [2.05, 4.69) is 5.32 Å². The van der Waals surface area contributed by atoms with Crippen molar-refractivity contribution in [2.45, 2.75) is 33.5 Å². The molecule has 0 unspecified atom stereocenters. The lowest BCUT2D eigenvalue weighted by atomic mass is 10.1. The van der Waals surface area contributed by atoms with Crippen molar-refractivity contribution in [1.29, 1.82) is 0 Å². The number of benzene rings is 1. The molecule has 4 nitrogen and oxygen atoms in total. The Kier molecular flexibility index (Phi) is 6.36. The van der Waals surface area contributed by atoms with Crippen LogP contribution in [0.1, 0.15) is 26.3 Å². The van der Waals surface area contributed by atoms with Crippen LogP contribution in [0.2, 0.25) is 0 Å². The summed E-state index contributed by atoms with van der Waals surface area (Å²) in [5.74, 6) is -2.17. The summed E-state index contributed by atoms with van der Waals surface area (Å²) in [4.78, 5) is 22.8. The molecular weight excluding hydrogens is 309 g/mol. The highest BCUT2D eigenvalue weighted by Gasteiger charge is 2.38. The first kappa shape index (κ1) is 18.7. The molecule has 0 bridgehead atoms. The Balaban J connectivity index is 2.77. The molecule has 0 aliphatic carbocycles. The van der Waals surface area contributed by atoms with Crippen molar-refractivity contribution in [2.24, 2.45) is 5.92 Å². The fourth-order valence-corrected chi connectivity index (χ4v) is 1.60. The number of hydrogen-bond acceptors (Lipinski definition) is 2. The van der Waals surface area contributed by atoms with E-state index in [0.29, 0.717) is 5.56 Å². The van der Waals surface area contributed by atoms with Gasteiger partial charge in [0.2, 0.25) is 5.91 Å². The summed E-state index contributed by atoms with van der Waals surface area (Å²) in [5, 5.41) is 4.39. The first-order valence-electron chi connectivity index (χ1n) is 7.03. The molecule has 126 valence electrons. The van der Waals surface area contributed by atoms with Gasteiger partial charge in [-0.1, -0.05) is 37.6 Å². The quantitative estimate of drug-likeness (QED) is 0.814. The molecule has 0 saturated carbocycles. The van der Waals surface area contributed by atoms with Crippen LogP contribution in [0.4, 0.5) is 18.9 Å². The molecule has 0 aromatic heterocycles. The van der Waals surface area contributed by atoms with Gasteiger partial charge in [-0.05, 0) is 24.5 Å². The van der Waals surface area contributed by atoms with E-state index >= 15 is 0 Å². The van der Waals surface area contributed by atoms with Crippen molar-refractivity contribution in [3.8, 4) is 0 Å². The van der Waals surface area contributed by atoms with Gasteiger partial charge in [0.25, 0.3) is 0 Å². The zero-order valence-electron chi connectivity index (χ0n) is 13.1. The van der Waals surface area contributed by atoms with Gasteiger partial charge in [0.05, 0.1) is 0 Å². The number of para-hydroxylation sites is 1. The second-order valence-electron chi connectivity index (χ2n) is 5.37. The van der Waals surface area contributed by atoms with Crippen LogP contribution in [0.5, 0.6) is 0 Å². The van der Waals surface area contributed by atoms with E-state index in [-0.39, 0.29) is 24.1 Å². The van der Waals surface area contributed by atoms with Crippen LogP contribution in [-0.4, -0.2) is 18.0 Å². The minimum absolute atomic E-state index is 0.00895. The molecular formula is C16H19F3N2O2. The van der Waals surface area contributed by atoms with E-state index in [9.17, 15) is 22.8 Å². The van der Waals surface area contributed by atoms with Crippen LogP contribution < -0.4 is 10.6 Å². The highest BCUT2D eigenvalue weighted by Crippen LogP contribution is 2.21. The lowest BCUT2D eigenvalue weighted by Crippen LogP contribution is -2.31. The molecule has 2 N–H and O–H groups in total. The monoisotopic (exact) mass is 328 g/mol. The summed E-state index contributed by atoms with van der Waals surface area (Å²) in [6, 6.07) is 5.99. The zero-order valence-corrected chi connectivity index (χ0v) is 13.1. The summed E-state index contributed by atoms with van der Waals surface area (Å²) in [7, 11) is 0. The second kappa shape index (κ2) is 7.80. The Hall–Kier alpha value is -2.31. The number of carbonyl (C=O) groups excluding carboxylic acids is 2. The van der Waals surface area contributed by atoms with Gasteiger partial charge >= 0.3 is 12.1 Å². The van der Waals surface area contributed by atoms with Crippen LogP contribution in [0.15, 0.2) is 35.9 Å². The van der Waals surface area contributed by atoms with Gasteiger partial charge < -0.3 is 10.6 Å². The number of carbonyl (C=O) groups is 2. The van der Waals surface area contributed by atoms with E-state index in [1.54, 1.807) is 11.4 Å². The molecule has 0 aliphatic rings. The van der Waals surface area contributed by atoms with Crippen molar-refractivity contribution >= 4 is 17.5 Å². The average Bonchev–Trinajstić information content (AvgIpc) is 2.45. The third-order valence-corrected chi connectivity index (χ3v) is 3.25. The molecule has 23 heavy (non-hydrogen) atoms. The fourth-order valence-electron chi connectivity index (χ4n) is 1.60. The van der Waals surface area contributed by atoms with Gasteiger partial charge in [-0.2, -0.15) is 13.2 Å². The molecule has 0 atom stereocenters. The average molecular weight is 328 g/mol. The molecule has 1 rings (SSSR count). The SMILES string of the molecule is C/C(=C\C(=O)NCc1ccccc1NC(=O)C(F)(F)F)C(C)C. The van der Waals surface area contributed by atoms with E-state index < -0.39 is 12.1 Å². The minimum Gasteiger partial charge on any atom is -0.348 e. The fraction of sp³-hybridized carbons (Fsp3) is 0.375. The lowest BCUT2D eigenvalue weighted by Gasteiger charge is -2.13. The molecule has 1 aromatic rings. The Morgan fingerprint density at radius 1 is 1.22 bits per heavy atom. The van der Waals surface area contributed by atoms with Crippen molar-refractivity contribution < 1.29 is 22.8 Å². The number of hydrogen-bond donors (Lipinski definition) is 2. The molecule has 0 radical (unpaired) electrons. The molecule has 7 heteroatoms. The second-order valence-corrected chi connectivity index (χ2v) is 5.37. The number of allylic oxidation sites excluding steroid dienone is 1. The Labute approximate surface area is 132 Å². The van der Waals surface area contributed by atoms with Crippen LogP contribution in [0.3, 0.4) is 0 Å². The van der Waals surface area contributed by atoms with Crippen LogP contribution in [0, 0.1) is 5.92 Å². The minimum atomic E-state index is -4.96. The number of alkyl halides is 3. The Morgan fingerprint density at radius 3 is 2.39 bits per heavy atom. The maximum Gasteiger partial charge on any atom is 0.471 e. The van der Waals surface area contributed by atoms with Crippen LogP contribution in [-0.2, 0) is 16.1 Å². The summed E-state index contributed by atoms with van der Waals surface area (Å²) >= 11 is 0. The smallest absolute Gasteiger partial charge is 0.348 e. The molecule has 0 spiro atoms. The van der Waals surface area contributed by atoms with Gasteiger partial charge in [0, 0.05) is 18.3 Å². The molecule has 0 heterocycles. The Bertz CT molecular complexity index is 608. The molecule has 0 aliphatic heterocycles. The van der Waals surface area contributed by atoms with E-state index in [1.165, 1.54) is 24.3 Å². The van der Waals surface area contributed by atoms with Crippen LogP contribution >= 0.6 is 0 Å². The molecule has 2 amide bonds. The summed E-state index contributed by atoms with van der Waals surface area (Å²) in [5.41, 5.74) is 1.29. The maximum atomic E-state index is 12.3. The summed E-state index contributed by atoms with van der Waals surface area (Å²) in [6.45, 7) is 5.72. The number of anilines is 1. The van der Waals surface area contributed by atoms with E-state index in [4.69, 9.17) is 0 Å². The van der Waals surface area contributed by atoms with Crippen molar-refractivity contribution in [3.63, 3.8) is 0 Å². The third-order valence-electron chi connectivity index (χ3n) is 3.25. The molecule has 0 fully saturated rings. The standard InChI is InChI=1S/C16H19F3N2O2/c1-10(2)11(3)8-14(22)20-9-12-6-4-5-7-13(12)21-15(23)16(17,18)19/h4-8,10H,9H2,1-3H3,(H,20,22)(H,21,23)/b11-8+. The predicted molar refractivity (Wildman–Crippen MR) is 81.6 cm³/mol. The van der Waals surface area contributed by atoms with Gasteiger partial charge in [-0.15, -0.1) is 0 Å². The number of rotatable bonds is 5. The lowest BCUT2D eigenvalue weighted by molar-refractivity contribution is -0.167. The largest absolute Gasteiger partial charge is 0.471 e. The molecule has 1 aromatic carbocycles. The first-order chi connectivity index (χ1) is 10.6. The van der Waals surface area contributed by atoms with E-state index in [0.717, 1.165) is 5.57 Å². The number of amides is 2. The Morgan fingerprint density at radius 2 is 1.83 bits per heavy atom. The van der Waals surface area contributed by atoms with Crippen molar-refractivity contribution in [3.05, 3.63) is 41.5 Å².